The van der Waals surface area contributed by atoms with E-state index in [4.69, 9.17) is 0 Å². The molecule has 0 aliphatic heterocycles. The highest BCUT2D eigenvalue weighted by Crippen LogP contribution is 2.44. The largest absolute Gasteiger partial charge is 0.192 e. The number of benzene rings is 5. The molecule has 5 aromatic rings. The Morgan fingerprint density at radius 2 is 0.935 bits per heavy atom. The summed E-state index contributed by atoms with van der Waals surface area (Å²) in [6.45, 7) is 18.5. The van der Waals surface area contributed by atoms with Gasteiger partial charge in [-0.2, -0.15) is 5.26 Å². The molecule has 0 spiro atoms. The van der Waals surface area contributed by atoms with Crippen molar-refractivity contribution in [3.63, 3.8) is 0 Å². The van der Waals surface area contributed by atoms with Crippen molar-refractivity contribution in [2.24, 2.45) is 0 Å². The molecule has 5 rings (SSSR count). The highest BCUT2D eigenvalue weighted by atomic mass is 14.3. The number of nitrogens with zero attached hydrogens (tertiary/aromatic N) is 1. The number of aryl methyl sites for hydroxylation is 3. The first kappa shape index (κ1) is 24.2. The average Bonchev–Trinajstić information content (AvgIpc) is 2.83. The van der Waals surface area contributed by atoms with Gasteiger partial charge in [0.05, 0.1) is 11.6 Å². The SMILES string of the molecule is CC.CC.CC.Cc1ccc2c3c(C)ccc4ccc(C#N)c(c5ccc(C)c1c25)c43. The highest BCUT2D eigenvalue weighted by Gasteiger charge is 2.18. The van der Waals surface area contributed by atoms with Crippen molar-refractivity contribution in [3.8, 4) is 6.07 Å². The second-order valence-corrected chi connectivity index (χ2v) is 7.07. The summed E-state index contributed by atoms with van der Waals surface area (Å²) in [5, 5.41) is 19.7. The summed E-state index contributed by atoms with van der Waals surface area (Å²) in [6, 6.07) is 19.7. The molecule has 160 valence electrons. The van der Waals surface area contributed by atoms with E-state index in [1.807, 2.05) is 47.6 Å². The Morgan fingerprint density at radius 3 is 1.48 bits per heavy atom. The van der Waals surface area contributed by atoms with Crippen molar-refractivity contribution in [2.45, 2.75) is 62.3 Å². The molecule has 0 aliphatic rings. The second kappa shape index (κ2) is 10.3. The van der Waals surface area contributed by atoms with E-state index in [1.165, 1.54) is 54.4 Å². The predicted octanol–water partition coefficient (Wildman–Crippen LogP) is 9.61. The van der Waals surface area contributed by atoms with E-state index in [9.17, 15) is 5.26 Å². The van der Waals surface area contributed by atoms with Gasteiger partial charge in [0.25, 0.3) is 0 Å². The number of hydrogen-bond donors (Lipinski definition) is 0. The van der Waals surface area contributed by atoms with Crippen LogP contribution in [-0.4, -0.2) is 0 Å². The van der Waals surface area contributed by atoms with E-state index < -0.39 is 0 Å². The standard InChI is InChI=1S/C24H17N.3C2H6/c1-13-5-10-18-21-15(3)4-7-16-8-9-17(12-25)22(23(16)21)19-11-6-14(2)20(13)24(18)19;3*1-2/h4-11H,1-3H3;3*1-2H3. The highest BCUT2D eigenvalue weighted by molar-refractivity contribution is 6.35. The van der Waals surface area contributed by atoms with Crippen molar-refractivity contribution in [3.05, 3.63) is 70.8 Å². The smallest absolute Gasteiger partial charge is 0.0998 e. The molecule has 31 heavy (non-hydrogen) atoms. The van der Waals surface area contributed by atoms with Crippen LogP contribution in [-0.2, 0) is 0 Å². The topological polar surface area (TPSA) is 23.8 Å². The number of fused-ring (bicyclic) bond motifs is 2. The molecule has 0 atom stereocenters. The van der Waals surface area contributed by atoms with Gasteiger partial charge in [0, 0.05) is 5.39 Å². The normalized spacial score (nSPS) is 10.1. The molecule has 0 radical (unpaired) electrons. The molecule has 5 aromatic carbocycles. The Balaban J connectivity index is 0.000000527. The third-order valence-corrected chi connectivity index (χ3v) is 5.63. The van der Waals surface area contributed by atoms with Gasteiger partial charge in [-0.05, 0) is 81.2 Å². The molecular formula is C30H35N. The first-order chi connectivity index (χ1) is 15.1. The van der Waals surface area contributed by atoms with Crippen molar-refractivity contribution < 1.29 is 0 Å². The van der Waals surface area contributed by atoms with Gasteiger partial charge in [-0.15, -0.1) is 0 Å². The fraction of sp³-hybridized carbons (Fsp3) is 0.300. The van der Waals surface area contributed by atoms with Crippen LogP contribution in [0.15, 0.2) is 48.5 Å². The summed E-state index contributed by atoms with van der Waals surface area (Å²) < 4.78 is 0. The molecule has 0 aromatic heterocycles. The molecule has 0 saturated carbocycles. The monoisotopic (exact) mass is 409 g/mol. The lowest BCUT2D eigenvalue weighted by atomic mass is 9.84. The minimum atomic E-state index is 0.761. The van der Waals surface area contributed by atoms with Crippen LogP contribution < -0.4 is 0 Å². The Morgan fingerprint density at radius 1 is 0.484 bits per heavy atom. The molecule has 1 nitrogen and oxygen atoms in total. The Labute approximate surface area is 187 Å². The molecule has 0 bridgehead atoms. The van der Waals surface area contributed by atoms with Gasteiger partial charge >= 0.3 is 0 Å². The molecule has 0 N–H and O–H groups in total. The van der Waals surface area contributed by atoms with Gasteiger partial charge in [-0.25, -0.2) is 0 Å². The molecular weight excluding hydrogens is 374 g/mol. The van der Waals surface area contributed by atoms with Crippen LogP contribution in [0.5, 0.6) is 0 Å². The van der Waals surface area contributed by atoms with Crippen LogP contribution in [0.1, 0.15) is 63.8 Å². The maximum absolute atomic E-state index is 9.76. The van der Waals surface area contributed by atoms with Crippen LogP contribution in [0, 0.1) is 32.1 Å². The molecule has 1 heteroatoms. The third-order valence-electron chi connectivity index (χ3n) is 5.63. The maximum Gasteiger partial charge on any atom is 0.0998 e. The lowest BCUT2D eigenvalue weighted by Gasteiger charge is -2.18. The van der Waals surface area contributed by atoms with Crippen molar-refractivity contribution in [1.29, 1.82) is 5.26 Å². The zero-order chi connectivity index (χ0) is 23.3. The van der Waals surface area contributed by atoms with Crippen LogP contribution >= 0.6 is 0 Å². The van der Waals surface area contributed by atoms with Gasteiger partial charge < -0.3 is 0 Å². The van der Waals surface area contributed by atoms with E-state index >= 15 is 0 Å². The van der Waals surface area contributed by atoms with E-state index in [2.05, 4.69) is 69.3 Å². The van der Waals surface area contributed by atoms with Crippen molar-refractivity contribution >= 4 is 43.1 Å². The summed E-state index contributed by atoms with van der Waals surface area (Å²) in [5.41, 5.74) is 4.61. The van der Waals surface area contributed by atoms with Gasteiger partial charge in [-0.1, -0.05) is 84.0 Å². The summed E-state index contributed by atoms with van der Waals surface area (Å²) in [6.07, 6.45) is 0. The van der Waals surface area contributed by atoms with Gasteiger partial charge in [0.15, 0.2) is 0 Å². The van der Waals surface area contributed by atoms with Crippen LogP contribution in [0.4, 0.5) is 0 Å². The minimum absolute atomic E-state index is 0.761. The van der Waals surface area contributed by atoms with Gasteiger partial charge in [0.1, 0.15) is 0 Å². The molecule has 0 heterocycles. The fourth-order valence-corrected chi connectivity index (χ4v) is 4.53. The Kier molecular flexibility index (Phi) is 8.01. The van der Waals surface area contributed by atoms with Gasteiger partial charge in [-0.3, -0.25) is 0 Å². The maximum atomic E-state index is 9.76. The molecule has 0 amide bonds. The Bertz CT molecular complexity index is 1360. The van der Waals surface area contributed by atoms with Crippen molar-refractivity contribution in [1.82, 2.24) is 0 Å². The summed E-state index contributed by atoms with van der Waals surface area (Å²) in [4.78, 5) is 0. The first-order valence-corrected chi connectivity index (χ1v) is 11.6. The predicted molar refractivity (Wildman–Crippen MR) is 141 cm³/mol. The number of hydrogen-bond acceptors (Lipinski definition) is 1. The quantitative estimate of drug-likeness (QED) is 0.184. The fourth-order valence-electron chi connectivity index (χ4n) is 4.53. The molecule has 0 fully saturated rings. The zero-order valence-corrected chi connectivity index (χ0v) is 20.6. The van der Waals surface area contributed by atoms with Crippen LogP contribution in [0.2, 0.25) is 0 Å². The zero-order valence-electron chi connectivity index (χ0n) is 20.6. The Hall–Kier alpha value is -3.11. The van der Waals surface area contributed by atoms with Gasteiger partial charge in [0.2, 0.25) is 0 Å². The van der Waals surface area contributed by atoms with Crippen LogP contribution in [0.3, 0.4) is 0 Å². The van der Waals surface area contributed by atoms with E-state index in [1.54, 1.807) is 0 Å². The summed E-state index contributed by atoms with van der Waals surface area (Å²) in [5.74, 6) is 0. The lowest BCUT2D eigenvalue weighted by molar-refractivity contribution is 1.47. The van der Waals surface area contributed by atoms with Crippen molar-refractivity contribution in [2.75, 3.05) is 0 Å². The van der Waals surface area contributed by atoms with E-state index in [-0.39, 0.29) is 0 Å². The first-order valence-electron chi connectivity index (χ1n) is 11.6. The van der Waals surface area contributed by atoms with Crippen LogP contribution in [0.25, 0.3) is 43.1 Å². The van der Waals surface area contributed by atoms with E-state index in [0.29, 0.717) is 0 Å². The molecule has 0 unspecified atom stereocenters. The molecule has 0 aliphatic carbocycles. The lowest BCUT2D eigenvalue weighted by Crippen LogP contribution is -1.93. The summed E-state index contributed by atoms with van der Waals surface area (Å²) in [7, 11) is 0. The average molecular weight is 410 g/mol. The number of rotatable bonds is 0. The second-order valence-electron chi connectivity index (χ2n) is 7.07. The van der Waals surface area contributed by atoms with E-state index in [0.717, 1.165) is 10.9 Å². The summed E-state index contributed by atoms with van der Waals surface area (Å²) >= 11 is 0. The third kappa shape index (κ3) is 3.72. The molecule has 0 saturated heterocycles. The minimum Gasteiger partial charge on any atom is -0.192 e. The number of nitriles is 1.